The fraction of sp³-hybridized carbons (Fsp3) is 0.316. The number of hydrogen-bond donors (Lipinski definition) is 0. The van der Waals surface area contributed by atoms with Crippen LogP contribution < -0.4 is 4.74 Å². The van der Waals surface area contributed by atoms with Crippen LogP contribution in [0.1, 0.15) is 30.3 Å². The highest BCUT2D eigenvalue weighted by Crippen LogP contribution is 2.32. The predicted octanol–water partition coefficient (Wildman–Crippen LogP) is 2.92. The van der Waals surface area contributed by atoms with Crippen LogP contribution in [0.5, 0.6) is 5.75 Å². The summed E-state index contributed by atoms with van der Waals surface area (Å²) in [7, 11) is 0. The van der Waals surface area contributed by atoms with E-state index in [2.05, 4.69) is 10.1 Å². The molecule has 2 aromatic heterocycles. The molecule has 3 heterocycles. The van der Waals surface area contributed by atoms with Crippen LogP contribution in [0, 0.1) is 12.7 Å². The van der Waals surface area contributed by atoms with E-state index in [4.69, 9.17) is 4.74 Å². The highest BCUT2D eigenvalue weighted by molar-refractivity contribution is 5.78. The molecule has 1 aromatic carbocycles. The van der Waals surface area contributed by atoms with Crippen LogP contribution in [0.15, 0.2) is 42.6 Å². The average molecular weight is 354 g/mol. The molecule has 3 aromatic rings. The fourth-order valence-electron chi connectivity index (χ4n) is 3.41. The summed E-state index contributed by atoms with van der Waals surface area (Å²) in [4.78, 5) is 18.8. The Bertz CT molecular complexity index is 938. The number of carbonyl (C=O) groups is 1. The zero-order chi connectivity index (χ0) is 18.1. The van der Waals surface area contributed by atoms with E-state index in [-0.39, 0.29) is 24.4 Å². The molecular formula is C19H19FN4O2. The summed E-state index contributed by atoms with van der Waals surface area (Å²) in [6.45, 7) is 2.53. The summed E-state index contributed by atoms with van der Waals surface area (Å²) >= 11 is 0. The summed E-state index contributed by atoms with van der Waals surface area (Å²) in [5, 5.41) is 4.50. The number of halogens is 1. The number of likely N-dealkylation sites (tertiary alicyclic amines) is 1. The average Bonchev–Trinajstić information content (AvgIpc) is 3.26. The lowest BCUT2D eigenvalue weighted by Gasteiger charge is -2.25. The van der Waals surface area contributed by atoms with E-state index in [9.17, 15) is 9.18 Å². The van der Waals surface area contributed by atoms with Gasteiger partial charge in [-0.2, -0.15) is 5.10 Å². The third-order valence-corrected chi connectivity index (χ3v) is 4.60. The maximum absolute atomic E-state index is 13.0. The number of carbonyl (C=O) groups excluding carboxylic acids is 1. The molecule has 1 unspecified atom stereocenters. The predicted molar refractivity (Wildman–Crippen MR) is 93.3 cm³/mol. The minimum Gasteiger partial charge on any atom is -0.484 e. The number of aromatic nitrogens is 3. The van der Waals surface area contributed by atoms with Crippen molar-refractivity contribution in [2.75, 3.05) is 13.2 Å². The lowest BCUT2D eigenvalue weighted by Crippen LogP contribution is -2.35. The first-order chi connectivity index (χ1) is 12.6. The van der Waals surface area contributed by atoms with Crippen LogP contribution in [0.4, 0.5) is 4.39 Å². The van der Waals surface area contributed by atoms with Crippen molar-refractivity contribution in [3.8, 4) is 5.75 Å². The highest BCUT2D eigenvalue weighted by Gasteiger charge is 2.32. The van der Waals surface area contributed by atoms with E-state index in [1.165, 1.54) is 24.3 Å². The van der Waals surface area contributed by atoms with E-state index < -0.39 is 0 Å². The lowest BCUT2D eigenvalue weighted by atomic mass is 10.1. The van der Waals surface area contributed by atoms with Crippen molar-refractivity contribution in [2.24, 2.45) is 0 Å². The van der Waals surface area contributed by atoms with Crippen LogP contribution in [-0.2, 0) is 4.79 Å². The summed E-state index contributed by atoms with van der Waals surface area (Å²) in [5.41, 5.74) is 2.62. The number of rotatable bonds is 4. The van der Waals surface area contributed by atoms with Crippen LogP contribution in [0.3, 0.4) is 0 Å². The van der Waals surface area contributed by atoms with E-state index in [1.807, 2.05) is 28.5 Å². The number of nitrogens with zero attached hydrogens (tertiary/aromatic N) is 4. The second kappa shape index (κ2) is 6.74. The van der Waals surface area contributed by atoms with Crippen LogP contribution >= 0.6 is 0 Å². The summed E-state index contributed by atoms with van der Waals surface area (Å²) in [6.07, 6.45) is 3.55. The van der Waals surface area contributed by atoms with Gasteiger partial charge >= 0.3 is 0 Å². The number of fused-ring (bicyclic) bond motifs is 1. The first-order valence-corrected chi connectivity index (χ1v) is 8.61. The molecule has 0 N–H and O–H groups in total. The first-order valence-electron chi connectivity index (χ1n) is 8.61. The Kier molecular flexibility index (Phi) is 4.28. The third-order valence-electron chi connectivity index (χ3n) is 4.60. The molecule has 1 aliphatic heterocycles. The zero-order valence-corrected chi connectivity index (χ0v) is 14.4. The first kappa shape index (κ1) is 16.5. The Morgan fingerprint density at radius 1 is 1.31 bits per heavy atom. The van der Waals surface area contributed by atoms with Gasteiger partial charge < -0.3 is 9.64 Å². The van der Waals surface area contributed by atoms with Crippen LogP contribution in [0.2, 0.25) is 0 Å². The molecule has 26 heavy (non-hydrogen) atoms. The molecule has 7 heteroatoms. The van der Waals surface area contributed by atoms with Gasteiger partial charge in [0.1, 0.15) is 11.6 Å². The largest absolute Gasteiger partial charge is 0.484 e. The van der Waals surface area contributed by atoms with Gasteiger partial charge in [0, 0.05) is 18.8 Å². The summed E-state index contributed by atoms with van der Waals surface area (Å²) in [5.74, 6) is 0.0506. The molecule has 1 aliphatic rings. The Labute approximate surface area is 150 Å². The SMILES string of the molecule is Cc1cc2nccc(C3CCCN3C(=O)COc3ccc(F)cc3)n2n1. The Hall–Kier alpha value is -2.96. The quantitative estimate of drug-likeness (QED) is 0.723. The van der Waals surface area contributed by atoms with Gasteiger partial charge in [0.05, 0.1) is 17.4 Å². The molecule has 0 spiro atoms. The molecule has 6 nitrogen and oxygen atoms in total. The summed E-state index contributed by atoms with van der Waals surface area (Å²) < 4.78 is 20.3. The van der Waals surface area contributed by atoms with E-state index in [0.717, 1.165) is 29.9 Å². The second-order valence-electron chi connectivity index (χ2n) is 6.41. The van der Waals surface area contributed by atoms with Crippen LogP contribution in [0.25, 0.3) is 5.65 Å². The lowest BCUT2D eigenvalue weighted by molar-refractivity contribution is -0.134. The fourth-order valence-corrected chi connectivity index (χ4v) is 3.41. The van der Waals surface area contributed by atoms with Crippen molar-refractivity contribution in [3.05, 3.63) is 59.8 Å². The minimum absolute atomic E-state index is 0.0517. The van der Waals surface area contributed by atoms with Crippen molar-refractivity contribution < 1.29 is 13.9 Å². The van der Waals surface area contributed by atoms with Crippen molar-refractivity contribution >= 4 is 11.6 Å². The number of amides is 1. The third kappa shape index (κ3) is 3.12. The maximum atomic E-state index is 13.0. The van der Waals surface area contributed by atoms with Gasteiger partial charge in [-0.1, -0.05) is 0 Å². The Morgan fingerprint density at radius 2 is 2.12 bits per heavy atom. The second-order valence-corrected chi connectivity index (χ2v) is 6.41. The van der Waals surface area contributed by atoms with E-state index in [0.29, 0.717) is 12.3 Å². The van der Waals surface area contributed by atoms with Gasteiger partial charge in [-0.3, -0.25) is 4.79 Å². The molecule has 1 saturated heterocycles. The van der Waals surface area contributed by atoms with Gasteiger partial charge in [0.25, 0.3) is 5.91 Å². The van der Waals surface area contributed by atoms with E-state index >= 15 is 0 Å². The molecule has 134 valence electrons. The van der Waals surface area contributed by atoms with Gasteiger partial charge in [-0.05, 0) is 50.1 Å². The normalized spacial score (nSPS) is 17.0. The number of benzene rings is 1. The van der Waals surface area contributed by atoms with Gasteiger partial charge in [0.15, 0.2) is 12.3 Å². The minimum atomic E-state index is -0.334. The molecule has 4 rings (SSSR count). The van der Waals surface area contributed by atoms with Gasteiger partial charge in [0.2, 0.25) is 0 Å². The zero-order valence-electron chi connectivity index (χ0n) is 14.4. The van der Waals surface area contributed by atoms with Crippen LogP contribution in [-0.4, -0.2) is 38.6 Å². The maximum Gasteiger partial charge on any atom is 0.261 e. The number of hydrogen-bond acceptors (Lipinski definition) is 4. The Morgan fingerprint density at radius 3 is 2.92 bits per heavy atom. The van der Waals surface area contributed by atoms with Crippen molar-refractivity contribution in [1.82, 2.24) is 19.5 Å². The molecule has 0 saturated carbocycles. The van der Waals surface area contributed by atoms with Crippen molar-refractivity contribution in [3.63, 3.8) is 0 Å². The number of ether oxygens (including phenoxy) is 1. The van der Waals surface area contributed by atoms with Crippen molar-refractivity contribution in [2.45, 2.75) is 25.8 Å². The molecule has 0 bridgehead atoms. The highest BCUT2D eigenvalue weighted by atomic mass is 19.1. The smallest absolute Gasteiger partial charge is 0.261 e. The Balaban J connectivity index is 1.52. The van der Waals surface area contributed by atoms with Gasteiger partial charge in [-0.25, -0.2) is 13.9 Å². The van der Waals surface area contributed by atoms with Gasteiger partial charge in [-0.15, -0.1) is 0 Å². The van der Waals surface area contributed by atoms with Crippen molar-refractivity contribution in [1.29, 1.82) is 0 Å². The molecule has 0 aliphatic carbocycles. The van der Waals surface area contributed by atoms with E-state index in [1.54, 1.807) is 6.20 Å². The molecule has 0 radical (unpaired) electrons. The summed E-state index contributed by atoms with van der Waals surface area (Å²) in [6, 6.07) is 9.44. The monoisotopic (exact) mass is 354 g/mol. The molecular weight excluding hydrogens is 335 g/mol. The molecule has 1 fully saturated rings. The number of aryl methyl sites for hydroxylation is 1. The molecule has 1 amide bonds. The standard InChI is InChI=1S/C19H19FN4O2/c1-13-11-18-21-9-8-17(24(18)22-13)16-3-2-10-23(16)19(25)12-26-15-6-4-14(20)5-7-15/h4-9,11,16H,2-3,10,12H2,1H3. The topological polar surface area (TPSA) is 59.7 Å². The molecule has 1 atom stereocenters.